The van der Waals surface area contributed by atoms with Gasteiger partial charge in [-0.2, -0.15) is 0 Å². The summed E-state index contributed by atoms with van der Waals surface area (Å²) in [6, 6.07) is 5.01. The van der Waals surface area contributed by atoms with Crippen LogP contribution < -0.4 is 5.32 Å². The Morgan fingerprint density at radius 1 is 1.42 bits per heavy atom. The summed E-state index contributed by atoms with van der Waals surface area (Å²) < 4.78 is 0. The van der Waals surface area contributed by atoms with Crippen molar-refractivity contribution in [2.24, 2.45) is 5.92 Å². The van der Waals surface area contributed by atoms with Gasteiger partial charge in [0.15, 0.2) is 0 Å². The Bertz CT molecular complexity index is 413. The summed E-state index contributed by atoms with van der Waals surface area (Å²) in [7, 11) is 6.62. The van der Waals surface area contributed by atoms with E-state index in [2.05, 4.69) is 57.3 Å². The minimum absolute atomic E-state index is 0.268. The molecule has 1 aliphatic carbocycles. The molecular formula is C16H28N2S. The first-order valence-corrected chi connectivity index (χ1v) is 8.22. The largest absolute Gasteiger partial charge is 0.311 e. The highest BCUT2D eigenvalue weighted by Gasteiger charge is 2.44. The second kappa shape index (κ2) is 5.94. The van der Waals surface area contributed by atoms with Crippen LogP contribution in [0.3, 0.4) is 0 Å². The Morgan fingerprint density at radius 3 is 2.63 bits per heavy atom. The van der Waals surface area contributed by atoms with Crippen LogP contribution in [0.5, 0.6) is 0 Å². The van der Waals surface area contributed by atoms with Crippen molar-refractivity contribution in [2.75, 3.05) is 21.1 Å². The van der Waals surface area contributed by atoms with E-state index in [4.69, 9.17) is 0 Å². The van der Waals surface area contributed by atoms with Crippen molar-refractivity contribution in [1.29, 1.82) is 0 Å². The molecule has 0 amide bonds. The van der Waals surface area contributed by atoms with Crippen molar-refractivity contribution in [3.8, 4) is 0 Å². The molecule has 1 saturated carbocycles. The summed E-state index contributed by atoms with van der Waals surface area (Å²) in [6.07, 6.45) is 5.33. The Hall–Kier alpha value is -0.380. The van der Waals surface area contributed by atoms with Crippen LogP contribution >= 0.6 is 11.3 Å². The monoisotopic (exact) mass is 280 g/mol. The molecule has 19 heavy (non-hydrogen) atoms. The number of nitrogens with one attached hydrogen (secondary N) is 1. The summed E-state index contributed by atoms with van der Waals surface area (Å²) in [5.41, 5.74) is 0.268. The highest BCUT2D eigenvalue weighted by atomic mass is 32.1. The van der Waals surface area contributed by atoms with Gasteiger partial charge in [0.1, 0.15) is 0 Å². The SMILES string of the molecule is CNC(c1ccc(C)s1)C1(N(C)C)CCCC(C)C1. The van der Waals surface area contributed by atoms with Gasteiger partial charge in [0.25, 0.3) is 0 Å². The second-order valence-corrected chi connectivity index (χ2v) is 7.69. The topological polar surface area (TPSA) is 15.3 Å². The summed E-state index contributed by atoms with van der Waals surface area (Å²) in [5, 5.41) is 3.61. The molecule has 0 bridgehead atoms. The molecule has 1 N–H and O–H groups in total. The lowest BCUT2D eigenvalue weighted by Gasteiger charge is -2.50. The molecule has 3 heteroatoms. The van der Waals surface area contributed by atoms with Gasteiger partial charge in [-0.25, -0.2) is 0 Å². The van der Waals surface area contributed by atoms with Crippen molar-refractivity contribution in [1.82, 2.24) is 10.2 Å². The summed E-state index contributed by atoms with van der Waals surface area (Å²) >= 11 is 1.94. The van der Waals surface area contributed by atoms with Gasteiger partial charge < -0.3 is 10.2 Å². The molecule has 3 atom stereocenters. The van der Waals surface area contributed by atoms with Crippen molar-refractivity contribution >= 4 is 11.3 Å². The zero-order valence-corrected chi connectivity index (χ0v) is 13.8. The molecule has 1 aromatic heterocycles. The van der Waals surface area contributed by atoms with Gasteiger partial charge in [-0.1, -0.05) is 19.8 Å². The molecule has 108 valence electrons. The van der Waals surface area contributed by atoms with E-state index in [1.165, 1.54) is 35.4 Å². The maximum atomic E-state index is 3.61. The maximum Gasteiger partial charge on any atom is 0.0599 e. The van der Waals surface area contributed by atoms with Crippen LogP contribution in [-0.4, -0.2) is 31.6 Å². The van der Waals surface area contributed by atoms with E-state index in [0.29, 0.717) is 6.04 Å². The van der Waals surface area contributed by atoms with E-state index in [1.54, 1.807) is 0 Å². The molecule has 1 aliphatic rings. The van der Waals surface area contributed by atoms with Gasteiger partial charge >= 0.3 is 0 Å². The van der Waals surface area contributed by atoms with E-state index in [9.17, 15) is 0 Å². The van der Waals surface area contributed by atoms with E-state index in [1.807, 2.05) is 11.3 Å². The molecule has 1 fully saturated rings. The van der Waals surface area contributed by atoms with Gasteiger partial charge in [0.05, 0.1) is 6.04 Å². The number of hydrogen-bond donors (Lipinski definition) is 1. The molecule has 0 aromatic carbocycles. The molecule has 0 saturated heterocycles. The Labute approximate surface area is 122 Å². The minimum atomic E-state index is 0.268. The van der Waals surface area contributed by atoms with Crippen molar-refractivity contribution in [2.45, 2.75) is 51.1 Å². The zero-order chi connectivity index (χ0) is 14.0. The highest BCUT2D eigenvalue weighted by Crippen LogP contribution is 2.45. The van der Waals surface area contributed by atoms with Crippen molar-refractivity contribution in [3.05, 3.63) is 21.9 Å². The third-order valence-corrected chi connectivity index (χ3v) is 5.84. The van der Waals surface area contributed by atoms with E-state index >= 15 is 0 Å². The second-order valence-electron chi connectivity index (χ2n) is 6.37. The standard InChI is InChI=1S/C16H28N2S/c1-12-7-6-10-16(11-12,18(4)5)15(17-3)14-9-8-13(2)19-14/h8-9,12,15,17H,6-7,10-11H2,1-5H3. The number of likely N-dealkylation sites (N-methyl/N-ethyl adjacent to an activating group) is 2. The number of thiophene rings is 1. The van der Waals surface area contributed by atoms with Crippen LogP contribution in [0.4, 0.5) is 0 Å². The van der Waals surface area contributed by atoms with Crippen LogP contribution in [0.15, 0.2) is 12.1 Å². The number of aryl methyl sites for hydroxylation is 1. The van der Waals surface area contributed by atoms with Crippen LogP contribution in [-0.2, 0) is 0 Å². The lowest BCUT2D eigenvalue weighted by molar-refractivity contribution is 0.0404. The smallest absolute Gasteiger partial charge is 0.0599 e. The normalized spacial score (nSPS) is 29.7. The third kappa shape index (κ3) is 2.88. The Kier molecular flexibility index (Phi) is 4.70. The molecule has 2 nitrogen and oxygen atoms in total. The van der Waals surface area contributed by atoms with Crippen molar-refractivity contribution < 1.29 is 0 Å². The average Bonchev–Trinajstić information content (AvgIpc) is 2.76. The van der Waals surface area contributed by atoms with Crippen LogP contribution in [0.1, 0.15) is 48.4 Å². The highest BCUT2D eigenvalue weighted by molar-refractivity contribution is 7.12. The molecular weight excluding hydrogens is 252 g/mol. The van der Waals surface area contributed by atoms with Crippen LogP contribution in [0, 0.1) is 12.8 Å². The van der Waals surface area contributed by atoms with Crippen LogP contribution in [0.2, 0.25) is 0 Å². The zero-order valence-electron chi connectivity index (χ0n) is 13.0. The quantitative estimate of drug-likeness (QED) is 0.902. The molecule has 0 radical (unpaired) electrons. The predicted octanol–water partition coefficient (Wildman–Crippen LogP) is 3.83. The molecule has 0 spiro atoms. The number of rotatable bonds is 4. The minimum Gasteiger partial charge on any atom is -0.311 e. The first-order chi connectivity index (χ1) is 8.99. The fourth-order valence-electron chi connectivity index (χ4n) is 3.78. The van der Waals surface area contributed by atoms with E-state index in [-0.39, 0.29) is 5.54 Å². The molecule has 2 rings (SSSR count). The number of nitrogens with zero attached hydrogens (tertiary/aromatic N) is 1. The first kappa shape index (κ1) is 15.0. The third-order valence-electron chi connectivity index (χ3n) is 4.77. The molecule has 0 aliphatic heterocycles. The fourth-order valence-corrected chi connectivity index (χ4v) is 4.87. The maximum absolute atomic E-state index is 3.61. The summed E-state index contributed by atoms with van der Waals surface area (Å²) in [4.78, 5) is 5.37. The summed E-state index contributed by atoms with van der Waals surface area (Å²) in [5.74, 6) is 0.827. The molecule has 3 unspecified atom stereocenters. The lowest BCUT2D eigenvalue weighted by atomic mass is 9.71. The predicted molar refractivity (Wildman–Crippen MR) is 84.9 cm³/mol. The Balaban J connectivity index is 2.35. The van der Waals surface area contributed by atoms with Gasteiger partial charge in [0.2, 0.25) is 0 Å². The van der Waals surface area contributed by atoms with Crippen LogP contribution in [0.25, 0.3) is 0 Å². The van der Waals surface area contributed by atoms with Gasteiger partial charge in [0, 0.05) is 15.3 Å². The fraction of sp³-hybridized carbons (Fsp3) is 0.750. The number of hydrogen-bond acceptors (Lipinski definition) is 3. The lowest BCUT2D eigenvalue weighted by Crippen LogP contribution is -2.55. The van der Waals surface area contributed by atoms with E-state index in [0.717, 1.165) is 5.92 Å². The average molecular weight is 280 g/mol. The molecule has 1 aromatic rings. The summed E-state index contributed by atoms with van der Waals surface area (Å²) in [6.45, 7) is 4.61. The van der Waals surface area contributed by atoms with E-state index < -0.39 is 0 Å². The van der Waals surface area contributed by atoms with Crippen molar-refractivity contribution in [3.63, 3.8) is 0 Å². The first-order valence-electron chi connectivity index (χ1n) is 7.40. The van der Waals surface area contributed by atoms with Gasteiger partial charge in [-0.05, 0) is 59.0 Å². The Morgan fingerprint density at radius 2 is 2.16 bits per heavy atom. The van der Waals surface area contributed by atoms with Gasteiger partial charge in [-0.3, -0.25) is 0 Å². The molecule has 1 heterocycles. The van der Waals surface area contributed by atoms with Gasteiger partial charge in [-0.15, -0.1) is 11.3 Å².